The molecule has 0 aliphatic carbocycles. The molecule has 0 spiro atoms. The molecule has 3 aromatic rings. The summed E-state index contributed by atoms with van der Waals surface area (Å²) in [4.78, 5) is 183. The summed E-state index contributed by atoms with van der Waals surface area (Å²) in [6.45, 7) is 0.0165. The fraction of sp³-hybridized carbons (Fsp3) is 0.517. The number of carboxylic acid groups (broad SMARTS) is 2. The summed E-state index contributed by atoms with van der Waals surface area (Å²) in [6, 6.07) is -2.62. The molecule has 19 N–H and O–H groups in total. The molecule has 0 radical (unpaired) electrons. The number of aromatic amines is 1. The van der Waals surface area contributed by atoms with Gasteiger partial charge in [0.05, 0.1) is 38.6 Å². The minimum absolute atomic E-state index is 0.0173. The number of phenolic OH excluding ortho intramolecular Hbond substituents is 1. The number of aliphatic carboxylic acids is 2. The molecule has 1 aromatic heterocycles. The number of carboxylic acids is 2. The van der Waals surface area contributed by atoms with E-state index in [1.54, 1.807) is 44.2 Å². The number of imidazole rings is 1. The molecular weight excluding hydrogens is 1200 g/mol. The fourth-order valence-corrected chi connectivity index (χ4v) is 10.3. The van der Waals surface area contributed by atoms with Crippen LogP contribution in [-0.2, 0) is 81.6 Å². The highest BCUT2D eigenvalue weighted by Gasteiger charge is 2.43. The highest BCUT2D eigenvalue weighted by molar-refractivity contribution is 6.00. The minimum Gasteiger partial charge on any atom is -0.508 e. The molecule has 496 valence electrons. The van der Waals surface area contributed by atoms with E-state index in [1.807, 2.05) is 0 Å². The zero-order chi connectivity index (χ0) is 67.1. The van der Waals surface area contributed by atoms with E-state index in [1.165, 1.54) is 36.8 Å². The quantitative estimate of drug-likeness (QED) is 0.0261. The van der Waals surface area contributed by atoms with Gasteiger partial charge in [-0.15, -0.1) is 0 Å². The zero-order valence-corrected chi connectivity index (χ0v) is 50.1. The third-order valence-electron chi connectivity index (χ3n) is 15.0. The maximum absolute atomic E-state index is 14.5. The van der Waals surface area contributed by atoms with Crippen molar-refractivity contribution in [1.82, 2.24) is 62.3 Å². The lowest BCUT2D eigenvalue weighted by atomic mass is 10.0. The summed E-state index contributed by atoms with van der Waals surface area (Å²) < 4.78 is 0. The molecule has 33 nitrogen and oxygen atoms in total. The van der Waals surface area contributed by atoms with Crippen LogP contribution in [0.25, 0.3) is 0 Å². The zero-order valence-electron chi connectivity index (χ0n) is 50.1. The van der Waals surface area contributed by atoms with Gasteiger partial charge in [-0.1, -0.05) is 56.3 Å². The average Bonchev–Trinajstić information content (AvgIpc) is 1.90. The highest BCUT2D eigenvalue weighted by atomic mass is 16.4. The van der Waals surface area contributed by atoms with Crippen LogP contribution in [0.15, 0.2) is 67.1 Å². The number of likely N-dealkylation sites (tertiary alicyclic amines) is 2. The Morgan fingerprint density at radius 2 is 1.04 bits per heavy atom. The topological polar surface area (TPSA) is 527 Å². The second-order valence-electron chi connectivity index (χ2n) is 22.4. The Morgan fingerprint density at radius 3 is 1.57 bits per heavy atom. The Balaban J connectivity index is 1.25. The molecule has 91 heavy (non-hydrogen) atoms. The summed E-state index contributed by atoms with van der Waals surface area (Å²) in [6.07, 6.45) is 0.444. The SMILES string of the molecule is CC(C)C[C@H](NC(=O)[C@H](CC(N)=O)NC(=O)[C@H](CCC(=O)O)NC(=O)[C@@H]1CCCN1C(=O)[C@H](Cc1cnc[nH]1)NC(=O)[C@H](CO)NC(=O)[C@@H]1CCCN1C(=O)[C@H](CO)NC(=O)[C@H](CO)NC(=O)[C@H](Cc1ccc(O)cc1)NC(=O)[C@@H](N)Cc1ccccc1)C(=O)O. The number of hydrogen-bond donors (Lipinski definition) is 17. The number of aliphatic hydroxyl groups is 3. The predicted molar refractivity (Wildman–Crippen MR) is 316 cm³/mol. The molecule has 2 aromatic carbocycles. The lowest BCUT2D eigenvalue weighted by molar-refractivity contribution is -0.144. The van der Waals surface area contributed by atoms with Gasteiger partial charge >= 0.3 is 11.9 Å². The summed E-state index contributed by atoms with van der Waals surface area (Å²) in [5.41, 5.74) is 13.0. The van der Waals surface area contributed by atoms with E-state index < -0.39 is 182 Å². The van der Waals surface area contributed by atoms with Gasteiger partial charge in [-0.05, 0) is 74.1 Å². The fourth-order valence-electron chi connectivity index (χ4n) is 10.3. The van der Waals surface area contributed by atoms with Gasteiger partial charge in [0.1, 0.15) is 66.2 Å². The van der Waals surface area contributed by atoms with Gasteiger partial charge in [0.15, 0.2) is 0 Å². The van der Waals surface area contributed by atoms with Crippen LogP contribution in [0.4, 0.5) is 0 Å². The second kappa shape index (κ2) is 35.0. The molecule has 33 heteroatoms. The van der Waals surface area contributed by atoms with E-state index in [2.05, 4.69) is 52.5 Å². The second-order valence-corrected chi connectivity index (χ2v) is 22.4. The van der Waals surface area contributed by atoms with Gasteiger partial charge in [-0.25, -0.2) is 9.78 Å². The van der Waals surface area contributed by atoms with Gasteiger partial charge in [-0.3, -0.25) is 57.5 Å². The van der Waals surface area contributed by atoms with Gasteiger partial charge < -0.3 is 99.4 Å². The normalized spacial score (nSPS) is 17.5. The number of hydrogen-bond acceptors (Lipinski definition) is 19. The molecule has 11 amide bonds. The molecular formula is C58H80N14O19. The molecule has 3 heterocycles. The van der Waals surface area contributed by atoms with Gasteiger partial charge in [0, 0.05) is 44.2 Å². The average molecular weight is 1280 g/mol. The van der Waals surface area contributed by atoms with E-state index >= 15 is 0 Å². The molecule has 2 aliphatic heterocycles. The standard InChI is InChI=1S/C58H80N14O19/c1-30(2)20-40(58(90)91)67-51(83)38(24-46(60)77)65-49(81)36(16-17-47(78)79)63-54(86)44-10-6-18-71(44)56(88)39(23-33-25-61-29-62-33)66-52(84)42(27-74)69-55(87)45-11-7-19-72(45)57(89)43(28-75)70-53(85)41(26-73)68-50(82)37(22-32-12-14-34(76)15-13-32)64-48(80)35(59)21-31-8-4-3-5-9-31/h3-5,8-9,12-15,25,29-30,35-45,73-76H,6-7,10-11,16-24,26-28,59H2,1-2H3,(H2,60,77)(H,61,62)(H,63,86)(H,64,80)(H,65,81)(H,66,84)(H,67,83)(H,68,82)(H,69,87)(H,70,85)(H,78,79)(H,90,91)/t35-,36-,37-,38-,39-,40-,41-,42-,43-,44-,45-/m0/s1. The van der Waals surface area contributed by atoms with Crippen molar-refractivity contribution in [1.29, 1.82) is 0 Å². The number of carbonyl (C=O) groups excluding carboxylic acids is 11. The number of benzene rings is 2. The van der Waals surface area contributed by atoms with Crippen molar-refractivity contribution in [3.05, 3.63) is 83.9 Å². The number of nitrogens with zero attached hydrogens (tertiary/aromatic N) is 3. The predicted octanol–water partition coefficient (Wildman–Crippen LogP) is -5.82. The number of carbonyl (C=O) groups is 13. The van der Waals surface area contributed by atoms with Crippen LogP contribution in [0.2, 0.25) is 0 Å². The van der Waals surface area contributed by atoms with Crippen molar-refractivity contribution < 1.29 is 93.0 Å². The van der Waals surface area contributed by atoms with E-state index in [0.717, 1.165) is 15.4 Å². The van der Waals surface area contributed by atoms with E-state index in [9.17, 15) is 93.0 Å². The van der Waals surface area contributed by atoms with Crippen LogP contribution < -0.4 is 54.0 Å². The first-order chi connectivity index (χ1) is 43.2. The van der Waals surface area contributed by atoms with Crippen molar-refractivity contribution >= 4 is 76.9 Å². The number of primary amides is 1. The largest absolute Gasteiger partial charge is 0.508 e. The van der Waals surface area contributed by atoms with Crippen LogP contribution in [-0.4, -0.2) is 227 Å². The maximum atomic E-state index is 14.5. The first-order valence-electron chi connectivity index (χ1n) is 29.4. The minimum atomic E-state index is -1.80. The van der Waals surface area contributed by atoms with Crippen molar-refractivity contribution in [2.24, 2.45) is 17.4 Å². The summed E-state index contributed by atoms with van der Waals surface area (Å²) in [5, 5.41) is 79.2. The van der Waals surface area contributed by atoms with E-state index in [-0.39, 0.29) is 76.1 Å². The Kier molecular flexibility index (Phi) is 27.7. The van der Waals surface area contributed by atoms with Gasteiger partial charge in [0.25, 0.3) is 0 Å². The lowest BCUT2D eigenvalue weighted by Gasteiger charge is -2.31. The van der Waals surface area contributed by atoms with Crippen molar-refractivity contribution in [2.75, 3.05) is 32.9 Å². The van der Waals surface area contributed by atoms with E-state index in [0.29, 0.717) is 11.3 Å². The number of rotatable bonds is 35. The number of aromatic nitrogens is 2. The lowest BCUT2D eigenvalue weighted by Crippen LogP contribution is -2.61. The monoisotopic (exact) mass is 1280 g/mol. The first-order valence-corrected chi connectivity index (χ1v) is 29.4. The number of nitrogens with one attached hydrogen (secondary N) is 9. The molecule has 5 rings (SSSR count). The Hall–Kier alpha value is -9.60. The summed E-state index contributed by atoms with van der Waals surface area (Å²) in [5.74, 6) is -14.3. The van der Waals surface area contributed by atoms with E-state index in [4.69, 9.17) is 11.5 Å². The molecule has 0 unspecified atom stereocenters. The van der Waals surface area contributed by atoms with Crippen LogP contribution in [0.1, 0.15) is 82.0 Å². The molecule has 11 atom stereocenters. The van der Waals surface area contributed by atoms with Crippen molar-refractivity contribution in [2.45, 2.75) is 151 Å². The number of aliphatic hydroxyl groups excluding tert-OH is 3. The number of aromatic hydroxyl groups is 1. The maximum Gasteiger partial charge on any atom is 0.326 e. The number of amides is 11. The van der Waals surface area contributed by atoms with Crippen LogP contribution in [0.5, 0.6) is 5.75 Å². The summed E-state index contributed by atoms with van der Waals surface area (Å²) in [7, 11) is 0. The van der Waals surface area contributed by atoms with Gasteiger partial charge in [-0.2, -0.15) is 0 Å². The molecule has 0 bridgehead atoms. The first kappa shape index (κ1) is 72.1. The number of phenols is 1. The summed E-state index contributed by atoms with van der Waals surface area (Å²) >= 11 is 0. The third-order valence-corrected chi connectivity index (χ3v) is 15.0. The van der Waals surface area contributed by atoms with Crippen LogP contribution >= 0.6 is 0 Å². The van der Waals surface area contributed by atoms with Crippen molar-refractivity contribution in [3.8, 4) is 5.75 Å². The Morgan fingerprint density at radius 1 is 0.571 bits per heavy atom. The highest BCUT2D eigenvalue weighted by Crippen LogP contribution is 2.22. The van der Waals surface area contributed by atoms with Crippen LogP contribution in [0, 0.1) is 5.92 Å². The van der Waals surface area contributed by atoms with Gasteiger partial charge in [0.2, 0.25) is 65.0 Å². The smallest absolute Gasteiger partial charge is 0.326 e. The Labute approximate surface area is 521 Å². The van der Waals surface area contributed by atoms with Crippen LogP contribution in [0.3, 0.4) is 0 Å². The number of nitrogens with two attached hydrogens (primary N) is 2. The molecule has 0 saturated carbocycles. The van der Waals surface area contributed by atoms with Crippen molar-refractivity contribution in [3.63, 3.8) is 0 Å². The molecule has 2 aliphatic rings. The number of H-pyrrole nitrogens is 1. The third kappa shape index (κ3) is 21.8. The Bertz CT molecular complexity index is 3050. The molecule has 2 fully saturated rings. The molecule has 2 saturated heterocycles.